The fourth-order valence-electron chi connectivity index (χ4n) is 2.26. The van der Waals surface area contributed by atoms with Crippen LogP contribution < -0.4 is 10.6 Å². The lowest BCUT2D eigenvalue weighted by atomic mass is 10.0. The topological polar surface area (TPSA) is 73.7 Å². The van der Waals surface area contributed by atoms with Gasteiger partial charge in [-0.15, -0.1) is 0 Å². The standard InChI is InChI=1S/C14H20ClN3O2S/c1-8-4-3-5-11(15)17-9(2)21-13-12(8)16-6-10(7-19)18-14(13)20/h3,5,8-10,16,19H,4,6-7H2,1-2H3,(H,18,20)/b5-3-,17-11+/t8?,9?,10-/m0/s1. The molecule has 2 aliphatic heterocycles. The van der Waals surface area contributed by atoms with Crippen molar-refractivity contribution in [2.75, 3.05) is 13.2 Å². The molecular formula is C14H20ClN3O2S. The number of nitrogens with zero attached hydrogens (tertiary/aromatic N) is 1. The third-order valence-corrected chi connectivity index (χ3v) is 4.69. The largest absolute Gasteiger partial charge is 0.394 e. The Kier molecular flexibility index (Phi) is 5.72. The predicted molar refractivity (Wildman–Crippen MR) is 87.3 cm³/mol. The van der Waals surface area contributed by atoms with Gasteiger partial charge in [-0.1, -0.05) is 36.4 Å². The van der Waals surface area contributed by atoms with Gasteiger partial charge in [-0.05, 0) is 19.4 Å². The Morgan fingerprint density at radius 1 is 1.52 bits per heavy atom. The minimum atomic E-state index is -0.277. The lowest BCUT2D eigenvalue weighted by molar-refractivity contribution is -0.117. The molecule has 0 spiro atoms. The van der Waals surface area contributed by atoms with Gasteiger partial charge in [-0.2, -0.15) is 0 Å². The minimum Gasteiger partial charge on any atom is -0.394 e. The van der Waals surface area contributed by atoms with Crippen LogP contribution >= 0.6 is 23.4 Å². The zero-order valence-corrected chi connectivity index (χ0v) is 13.7. The second-order valence-electron chi connectivity index (χ2n) is 5.18. The van der Waals surface area contributed by atoms with Crippen molar-refractivity contribution in [2.24, 2.45) is 10.9 Å². The number of hydrogen-bond acceptors (Lipinski definition) is 5. The Bertz CT molecular complexity index is 504. The van der Waals surface area contributed by atoms with Gasteiger partial charge in [0, 0.05) is 18.2 Å². The monoisotopic (exact) mass is 329 g/mol. The number of halogens is 1. The maximum Gasteiger partial charge on any atom is 0.259 e. The lowest BCUT2D eigenvalue weighted by Gasteiger charge is -2.20. The number of aliphatic hydroxyl groups excluding tert-OH is 1. The zero-order chi connectivity index (χ0) is 15.4. The van der Waals surface area contributed by atoms with Crippen LogP contribution in [0.2, 0.25) is 0 Å². The van der Waals surface area contributed by atoms with E-state index in [9.17, 15) is 9.90 Å². The molecule has 0 radical (unpaired) electrons. The van der Waals surface area contributed by atoms with Gasteiger partial charge < -0.3 is 15.7 Å². The van der Waals surface area contributed by atoms with Crippen molar-refractivity contribution in [3.63, 3.8) is 0 Å². The number of thioether (sulfide) groups is 1. The average Bonchev–Trinajstić information content (AvgIpc) is 2.58. The normalized spacial score (nSPS) is 34.8. The van der Waals surface area contributed by atoms with E-state index in [0.29, 0.717) is 16.6 Å². The predicted octanol–water partition coefficient (Wildman–Crippen LogP) is 1.59. The Hall–Kier alpha value is -0.980. The van der Waals surface area contributed by atoms with Crippen molar-refractivity contribution >= 4 is 34.4 Å². The van der Waals surface area contributed by atoms with Gasteiger partial charge in [0.15, 0.2) is 0 Å². The fraction of sp³-hybridized carbons (Fsp3) is 0.571. The highest BCUT2D eigenvalue weighted by atomic mass is 35.5. The summed E-state index contributed by atoms with van der Waals surface area (Å²) in [6.07, 6.45) is 4.54. The number of aliphatic imine (C=N–C) groups is 1. The molecule has 1 amide bonds. The van der Waals surface area contributed by atoms with E-state index in [2.05, 4.69) is 22.5 Å². The maximum absolute atomic E-state index is 12.4. The number of amides is 1. The molecule has 0 aliphatic carbocycles. The van der Waals surface area contributed by atoms with Crippen LogP contribution in [0.25, 0.3) is 0 Å². The number of hydrogen-bond donors (Lipinski definition) is 3. The summed E-state index contributed by atoms with van der Waals surface area (Å²) >= 11 is 7.42. The van der Waals surface area contributed by atoms with Crippen molar-refractivity contribution in [1.82, 2.24) is 10.6 Å². The summed E-state index contributed by atoms with van der Waals surface area (Å²) in [7, 11) is 0. The highest BCUT2D eigenvalue weighted by Crippen LogP contribution is 2.31. The number of carbonyl (C=O) groups is 1. The highest BCUT2D eigenvalue weighted by Gasteiger charge is 2.27. The van der Waals surface area contributed by atoms with Crippen LogP contribution in [0.3, 0.4) is 0 Å². The van der Waals surface area contributed by atoms with E-state index in [4.69, 9.17) is 11.6 Å². The lowest BCUT2D eigenvalue weighted by Crippen LogP contribution is -2.41. The third-order valence-electron chi connectivity index (χ3n) is 3.38. The molecule has 7 heteroatoms. The number of rotatable bonds is 1. The first-order valence-corrected chi connectivity index (χ1v) is 8.23. The summed E-state index contributed by atoms with van der Waals surface area (Å²) in [5.74, 6) is 0.00957. The van der Waals surface area contributed by atoms with Crippen LogP contribution in [-0.2, 0) is 4.79 Å². The summed E-state index contributed by atoms with van der Waals surface area (Å²) in [5, 5.41) is 15.7. The SMILES string of the molecule is CC1/N=C(Cl)\C=C/CC(C)C2=C(S1)C(=O)N[C@H](CO)CN2. The van der Waals surface area contributed by atoms with Crippen molar-refractivity contribution in [2.45, 2.75) is 31.7 Å². The highest BCUT2D eigenvalue weighted by molar-refractivity contribution is 8.04. The van der Waals surface area contributed by atoms with Gasteiger partial charge in [0.1, 0.15) is 5.17 Å². The van der Waals surface area contributed by atoms with E-state index in [1.165, 1.54) is 11.8 Å². The summed E-state index contributed by atoms with van der Waals surface area (Å²) in [6.45, 7) is 4.41. The van der Waals surface area contributed by atoms with Crippen LogP contribution in [0.1, 0.15) is 20.3 Å². The maximum atomic E-state index is 12.4. The van der Waals surface area contributed by atoms with Gasteiger partial charge in [0.05, 0.1) is 22.9 Å². The molecule has 2 rings (SSSR count). The molecule has 2 aliphatic rings. The Labute approximate surface area is 133 Å². The van der Waals surface area contributed by atoms with E-state index < -0.39 is 0 Å². The summed E-state index contributed by atoms with van der Waals surface area (Å²) in [5.41, 5.74) is 0.915. The van der Waals surface area contributed by atoms with Crippen LogP contribution in [0.5, 0.6) is 0 Å². The zero-order valence-electron chi connectivity index (χ0n) is 12.1. The summed E-state index contributed by atoms with van der Waals surface area (Å²) in [6, 6.07) is -0.277. The molecule has 0 aromatic rings. The molecule has 21 heavy (non-hydrogen) atoms. The second-order valence-corrected chi connectivity index (χ2v) is 6.90. The smallest absolute Gasteiger partial charge is 0.259 e. The molecule has 116 valence electrons. The van der Waals surface area contributed by atoms with Crippen LogP contribution in [0.15, 0.2) is 27.7 Å². The van der Waals surface area contributed by atoms with Crippen molar-refractivity contribution in [1.29, 1.82) is 0 Å². The molecular weight excluding hydrogens is 310 g/mol. The molecule has 2 heterocycles. The molecule has 0 aromatic heterocycles. The fourth-order valence-corrected chi connectivity index (χ4v) is 3.63. The molecule has 0 bridgehead atoms. The van der Waals surface area contributed by atoms with E-state index >= 15 is 0 Å². The molecule has 0 saturated carbocycles. The Morgan fingerprint density at radius 3 is 3.00 bits per heavy atom. The number of allylic oxidation sites excluding steroid dienone is 3. The van der Waals surface area contributed by atoms with Gasteiger partial charge in [0.25, 0.3) is 5.91 Å². The first-order chi connectivity index (χ1) is 10.0. The second kappa shape index (κ2) is 7.33. The van der Waals surface area contributed by atoms with E-state index in [-0.39, 0.29) is 29.8 Å². The number of nitrogens with one attached hydrogen (secondary N) is 2. The first-order valence-electron chi connectivity index (χ1n) is 6.97. The van der Waals surface area contributed by atoms with E-state index in [0.717, 1.165) is 12.1 Å². The van der Waals surface area contributed by atoms with Gasteiger partial charge in [-0.25, -0.2) is 0 Å². The minimum absolute atomic E-state index is 0.0855. The average molecular weight is 330 g/mol. The number of aliphatic hydroxyl groups is 1. The summed E-state index contributed by atoms with van der Waals surface area (Å²) < 4.78 is 0. The van der Waals surface area contributed by atoms with Crippen LogP contribution in [0.4, 0.5) is 0 Å². The number of carbonyl (C=O) groups excluding carboxylic acids is 1. The van der Waals surface area contributed by atoms with Crippen LogP contribution in [0, 0.1) is 5.92 Å². The van der Waals surface area contributed by atoms with Crippen molar-refractivity contribution < 1.29 is 9.90 Å². The van der Waals surface area contributed by atoms with Gasteiger partial charge in [0.2, 0.25) is 0 Å². The molecule has 0 aromatic carbocycles. The van der Waals surface area contributed by atoms with E-state index in [1.807, 2.05) is 13.0 Å². The quantitative estimate of drug-likeness (QED) is 0.683. The van der Waals surface area contributed by atoms with E-state index in [1.54, 1.807) is 6.08 Å². The first kappa shape index (κ1) is 16.4. The molecule has 3 atom stereocenters. The third kappa shape index (κ3) is 4.25. The molecule has 3 N–H and O–H groups in total. The molecule has 0 fully saturated rings. The van der Waals surface area contributed by atoms with Gasteiger partial charge in [-0.3, -0.25) is 9.79 Å². The molecule has 2 unspecified atom stereocenters. The Balaban J connectivity index is 2.36. The van der Waals surface area contributed by atoms with Gasteiger partial charge >= 0.3 is 0 Å². The van der Waals surface area contributed by atoms with Crippen LogP contribution in [-0.4, -0.2) is 40.8 Å². The summed E-state index contributed by atoms with van der Waals surface area (Å²) in [4.78, 5) is 17.4. The molecule has 0 saturated heterocycles. The van der Waals surface area contributed by atoms with Crippen molar-refractivity contribution in [3.05, 3.63) is 22.8 Å². The molecule has 5 nitrogen and oxygen atoms in total. The van der Waals surface area contributed by atoms with Crippen molar-refractivity contribution in [3.8, 4) is 0 Å². The Morgan fingerprint density at radius 2 is 2.29 bits per heavy atom.